The predicted octanol–water partition coefficient (Wildman–Crippen LogP) is 4.58. The number of nitrogens with zero attached hydrogens (tertiary/aromatic N) is 1. The fraction of sp³-hybridized carbons (Fsp3) is 0.462. The summed E-state index contributed by atoms with van der Waals surface area (Å²) in [6, 6.07) is 17.4. The maximum absolute atomic E-state index is 12.4. The third-order valence-electron chi connectivity index (χ3n) is 5.04. The second-order valence-corrected chi connectivity index (χ2v) is 7.67. The Morgan fingerprint density at radius 2 is 1.67 bits per heavy atom. The Bertz CT molecular complexity index is 824. The van der Waals surface area contributed by atoms with Gasteiger partial charge in [0.15, 0.2) is 6.10 Å². The van der Waals surface area contributed by atoms with Gasteiger partial charge in [0.25, 0.3) is 0 Å². The summed E-state index contributed by atoms with van der Waals surface area (Å²) >= 11 is 0. The van der Waals surface area contributed by atoms with Gasteiger partial charge in [-0.3, -0.25) is 0 Å². The maximum atomic E-state index is 12.4. The van der Waals surface area contributed by atoms with Crippen LogP contribution in [-0.2, 0) is 27.1 Å². The van der Waals surface area contributed by atoms with Crippen LogP contribution in [0.3, 0.4) is 0 Å². The first-order chi connectivity index (χ1) is 16.0. The molecule has 0 saturated heterocycles. The standard InChI is InChI=1S/C26H35NO6/c1-3-18-33-26(30)27(16-8-11-21-9-6-5-7-10-21)17-19-32-23-14-12-22(13-15-23)20-24(25(28)29)31-4-2/h5-7,9-10,12-15,24H,3-4,8,11,16-20H2,1-2H3,(H,28,29). The van der Waals surface area contributed by atoms with E-state index in [0.717, 1.165) is 24.8 Å². The van der Waals surface area contributed by atoms with Crippen molar-refractivity contribution in [1.82, 2.24) is 4.90 Å². The molecule has 33 heavy (non-hydrogen) atoms. The normalized spacial score (nSPS) is 11.6. The molecule has 1 amide bonds. The van der Waals surface area contributed by atoms with Gasteiger partial charge in [0.1, 0.15) is 12.4 Å². The Balaban J connectivity index is 1.84. The van der Waals surface area contributed by atoms with Crippen molar-refractivity contribution >= 4 is 12.1 Å². The molecule has 0 saturated carbocycles. The molecule has 0 aromatic heterocycles. The van der Waals surface area contributed by atoms with Gasteiger partial charge >= 0.3 is 12.1 Å². The molecule has 2 aromatic rings. The van der Waals surface area contributed by atoms with Crippen LogP contribution in [0, 0.1) is 0 Å². The van der Waals surface area contributed by atoms with Crippen LogP contribution in [0.25, 0.3) is 0 Å². The van der Waals surface area contributed by atoms with E-state index < -0.39 is 12.1 Å². The number of amides is 1. The van der Waals surface area contributed by atoms with E-state index in [1.165, 1.54) is 5.56 Å². The van der Waals surface area contributed by atoms with Crippen molar-refractivity contribution in [1.29, 1.82) is 0 Å². The minimum Gasteiger partial charge on any atom is -0.492 e. The molecule has 0 spiro atoms. The molecule has 1 atom stereocenters. The van der Waals surface area contributed by atoms with E-state index in [1.807, 2.05) is 37.3 Å². The van der Waals surface area contributed by atoms with Gasteiger partial charge in [-0.2, -0.15) is 0 Å². The number of ether oxygens (including phenoxy) is 3. The molecule has 0 radical (unpaired) electrons. The molecule has 0 heterocycles. The van der Waals surface area contributed by atoms with Crippen molar-refractivity contribution in [3.63, 3.8) is 0 Å². The summed E-state index contributed by atoms with van der Waals surface area (Å²) in [5.41, 5.74) is 2.10. The topological polar surface area (TPSA) is 85.3 Å². The number of benzene rings is 2. The van der Waals surface area contributed by atoms with Gasteiger partial charge in [-0.15, -0.1) is 0 Å². The number of aliphatic carboxylic acids is 1. The number of carboxylic acid groups (broad SMARTS) is 1. The minimum absolute atomic E-state index is 0.294. The average molecular weight is 458 g/mol. The number of hydrogen-bond donors (Lipinski definition) is 1. The first-order valence-corrected chi connectivity index (χ1v) is 11.5. The Morgan fingerprint density at radius 3 is 2.30 bits per heavy atom. The lowest BCUT2D eigenvalue weighted by Gasteiger charge is -2.22. The zero-order valence-electron chi connectivity index (χ0n) is 19.6. The zero-order chi connectivity index (χ0) is 23.9. The lowest BCUT2D eigenvalue weighted by molar-refractivity contribution is -0.149. The molecule has 0 aliphatic rings. The number of aryl methyl sites for hydroxylation is 1. The fourth-order valence-corrected chi connectivity index (χ4v) is 3.32. The third-order valence-corrected chi connectivity index (χ3v) is 5.04. The number of carboxylic acids is 1. The third kappa shape index (κ3) is 9.95. The van der Waals surface area contributed by atoms with Crippen LogP contribution in [0.1, 0.15) is 37.8 Å². The molecule has 2 rings (SSSR count). The lowest BCUT2D eigenvalue weighted by Crippen LogP contribution is -2.36. The van der Waals surface area contributed by atoms with E-state index in [-0.39, 0.29) is 6.09 Å². The average Bonchev–Trinajstić information content (AvgIpc) is 2.83. The molecule has 180 valence electrons. The second-order valence-electron chi connectivity index (χ2n) is 7.67. The smallest absolute Gasteiger partial charge is 0.409 e. The van der Waals surface area contributed by atoms with Crippen LogP contribution in [0.2, 0.25) is 0 Å². The maximum Gasteiger partial charge on any atom is 0.409 e. The largest absolute Gasteiger partial charge is 0.492 e. The summed E-state index contributed by atoms with van der Waals surface area (Å²) < 4.78 is 16.4. The van der Waals surface area contributed by atoms with E-state index in [2.05, 4.69) is 12.1 Å². The van der Waals surface area contributed by atoms with Crippen molar-refractivity contribution in [3.05, 3.63) is 65.7 Å². The first kappa shape index (κ1) is 26.2. The first-order valence-electron chi connectivity index (χ1n) is 11.5. The highest BCUT2D eigenvalue weighted by Gasteiger charge is 2.18. The zero-order valence-corrected chi connectivity index (χ0v) is 19.6. The van der Waals surface area contributed by atoms with Crippen LogP contribution >= 0.6 is 0 Å². The lowest BCUT2D eigenvalue weighted by atomic mass is 10.1. The molecule has 7 heteroatoms. The molecule has 0 aliphatic heterocycles. The van der Waals surface area contributed by atoms with Crippen LogP contribution in [0.15, 0.2) is 54.6 Å². The van der Waals surface area contributed by atoms with E-state index in [4.69, 9.17) is 14.2 Å². The molecule has 7 nitrogen and oxygen atoms in total. The van der Waals surface area contributed by atoms with Crippen molar-refractivity contribution in [2.24, 2.45) is 0 Å². The van der Waals surface area contributed by atoms with Gasteiger partial charge in [-0.1, -0.05) is 49.4 Å². The highest BCUT2D eigenvalue weighted by Crippen LogP contribution is 2.15. The summed E-state index contributed by atoms with van der Waals surface area (Å²) in [6.45, 7) is 5.83. The summed E-state index contributed by atoms with van der Waals surface area (Å²) in [7, 11) is 0. The summed E-state index contributed by atoms with van der Waals surface area (Å²) in [5.74, 6) is -0.312. The molecule has 1 unspecified atom stereocenters. The van der Waals surface area contributed by atoms with Crippen molar-refractivity contribution in [2.75, 3.05) is 32.9 Å². The Kier molecular flexibility index (Phi) is 11.8. The van der Waals surface area contributed by atoms with Crippen molar-refractivity contribution in [3.8, 4) is 5.75 Å². The van der Waals surface area contributed by atoms with Crippen LogP contribution in [0.4, 0.5) is 4.79 Å². The predicted molar refractivity (Wildman–Crippen MR) is 127 cm³/mol. The molecule has 0 fully saturated rings. The molecule has 0 bridgehead atoms. The van der Waals surface area contributed by atoms with Gasteiger partial charge in [0.2, 0.25) is 0 Å². The van der Waals surface area contributed by atoms with Gasteiger partial charge < -0.3 is 24.2 Å². The molecular formula is C26H35NO6. The minimum atomic E-state index is -0.973. The Morgan fingerprint density at radius 1 is 0.939 bits per heavy atom. The fourth-order valence-electron chi connectivity index (χ4n) is 3.32. The number of rotatable bonds is 15. The Hall–Kier alpha value is -3.06. The van der Waals surface area contributed by atoms with Gasteiger partial charge in [-0.05, 0) is 49.4 Å². The monoisotopic (exact) mass is 457 g/mol. The van der Waals surface area contributed by atoms with Crippen LogP contribution in [0.5, 0.6) is 5.75 Å². The number of hydrogen-bond acceptors (Lipinski definition) is 5. The van der Waals surface area contributed by atoms with E-state index in [1.54, 1.807) is 24.0 Å². The SMILES string of the molecule is CCCOC(=O)N(CCCc1ccccc1)CCOc1ccc(CC(OCC)C(=O)O)cc1. The number of carbonyl (C=O) groups is 2. The molecule has 2 aromatic carbocycles. The summed E-state index contributed by atoms with van der Waals surface area (Å²) in [5, 5.41) is 9.22. The van der Waals surface area contributed by atoms with E-state index >= 15 is 0 Å². The summed E-state index contributed by atoms with van der Waals surface area (Å²) in [4.78, 5) is 25.4. The summed E-state index contributed by atoms with van der Waals surface area (Å²) in [6.07, 6.45) is 1.62. The second kappa shape index (κ2) is 14.9. The molecule has 0 aliphatic carbocycles. The van der Waals surface area contributed by atoms with Crippen molar-refractivity contribution < 1.29 is 28.9 Å². The Labute approximate surface area is 196 Å². The highest BCUT2D eigenvalue weighted by molar-refractivity contribution is 5.72. The van der Waals surface area contributed by atoms with E-state index in [0.29, 0.717) is 45.1 Å². The van der Waals surface area contributed by atoms with Gasteiger partial charge in [-0.25, -0.2) is 9.59 Å². The molecular weight excluding hydrogens is 422 g/mol. The van der Waals surface area contributed by atoms with Gasteiger partial charge in [0.05, 0.1) is 13.2 Å². The van der Waals surface area contributed by atoms with Crippen LogP contribution in [-0.4, -0.2) is 61.1 Å². The van der Waals surface area contributed by atoms with E-state index in [9.17, 15) is 14.7 Å². The quantitative estimate of drug-likeness (QED) is 0.421. The number of carbonyl (C=O) groups excluding carboxylic acids is 1. The molecule has 1 N–H and O–H groups in total. The highest BCUT2D eigenvalue weighted by atomic mass is 16.6. The van der Waals surface area contributed by atoms with Crippen LogP contribution < -0.4 is 4.74 Å². The van der Waals surface area contributed by atoms with Gasteiger partial charge in [0, 0.05) is 19.6 Å². The van der Waals surface area contributed by atoms with Crippen molar-refractivity contribution in [2.45, 2.75) is 45.6 Å².